The minimum Gasteiger partial charge on any atom is -0.322 e. The number of rotatable bonds is 2. The Morgan fingerprint density at radius 1 is 1.46 bits per heavy atom. The Hall–Kier alpha value is -1.15. The molecule has 1 heterocycles. The van der Waals surface area contributed by atoms with E-state index in [9.17, 15) is 18.0 Å². The van der Waals surface area contributed by atoms with Gasteiger partial charge >= 0.3 is 6.03 Å². The van der Waals surface area contributed by atoms with Gasteiger partial charge in [0.15, 0.2) is 0 Å². The van der Waals surface area contributed by atoms with Crippen LogP contribution in [0, 0.1) is 0 Å². The van der Waals surface area contributed by atoms with Crippen molar-refractivity contribution < 1.29 is 22.6 Å². The van der Waals surface area contributed by atoms with E-state index < -0.39 is 33.3 Å². The van der Waals surface area contributed by atoms with Crippen LogP contribution in [0.4, 0.5) is 4.79 Å². The average Bonchev–Trinajstić information content (AvgIpc) is 2.00. The summed E-state index contributed by atoms with van der Waals surface area (Å²) in [6.45, 7) is 1.21. The number of urea groups is 1. The summed E-state index contributed by atoms with van der Waals surface area (Å²) >= 11 is 0. The maximum Gasteiger partial charge on any atom is 0.322 e. The number of carbonyl (C=O) groups is 2. The van der Waals surface area contributed by atoms with Gasteiger partial charge in [-0.25, -0.2) is 4.79 Å². The second-order valence-corrected chi connectivity index (χ2v) is 4.42. The van der Waals surface area contributed by atoms with Gasteiger partial charge < -0.3 is 5.32 Å². The van der Waals surface area contributed by atoms with Crippen LogP contribution in [0.1, 0.15) is 6.92 Å². The maximum absolute atomic E-state index is 11.0. The van der Waals surface area contributed by atoms with Crippen LogP contribution in [-0.2, 0) is 14.9 Å². The van der Waals surface area contributed by atoms with Crippen LogP contribution in [0.25, 0.3) is 0 Å². The summed E-state index contributed by atoms with van der Waals surface area (Å²) in [5, 5.41) is 3.96. The molecule has 0 unspecified atom stereocenters. The Morgan fingerprint density at radius 2 is 2.00 bits per heavy atom. The Labute approximate surface area is 74.2 Å². The van der Waals surface area contributed by atoms with Gasteiger partial charge in [0, 0.05) is 0 Å². The first-order valence-electron chi connectivity index (χ1n) is 3.32. The molecule has 74 valence electrons. The summed E-state index contributed by atoms with van der Waals surface area (Å²) in [5.41, 5.74) is -1.58. The largest absolute Gasteiger partial charge is 0.322 e. The Balaban J connectivity index is 2.90. The molecule has 0 aromatic carbocycles. The van der Waals surface area contributed by atoms with Gasteiger partial charge in [-0.15, -0.1) is 0 Å². The molecule has 13 heavy (non-hydrogen) atoms. The molecule has 7 nitrogen and oxygen atoms in total. The normalized spacial score (nSPS) is 28.5. The highest BCUT2D eigenvalue weighted by molar-refractivity contribution is 7.85. The van der Waals surface area contributed by atoms with Crippen molar-refractivity contribution in [3.05, 3.63) is 0 Å². The zero-order valence-corrected chi connectivity index (χ0v) is 7.51. The molecule has 0 saturated carbocycles. The molecule has 1 fully saturated rings. The highest BCUT2D eigenvalue weighted by Gasteiger charge is 2.44. The summed E-state index contributed by atoms with van der Waals surface area (Å²) in [5.74, 6) is -1.60. The van der Waals surface area contributed by atoms with E-state index in [0.29, 0.717) is 0 Å². The van der Waals surface area contributed by atoms with E-state index in [4.69, 9.17) is 4.55 Å². The van der Waals surface area contributed by atoms with Gasteiger partial charge in [0.25, 0.3) is 16.0 Å². The zero-order valence-electron chi connectivity index (χ0n) is 6.70. The predicted molar refractivity (Wildman–Crippen MR) is 41.5 cm³/mol. The maximum atomic E-state index is 11.0. The van der Waals surface area contributed by atoms with Crippen molar-refractivity contribution in [1.29, 1.82) is 0 Å². The smallest absolute Gasteiger partial charge is 0.322 e. The van der Waals surface area contributed by atoms with Gasteiger partial charge in [-0.1, -0.05) is 0 Å². The van der Waals surface area contributed by atoms with Crippen LogP contribution in [0.5, 0.6) is 0 Å². The third kappa shape index (κ3) is 2.16. The second-order valence-electron chi connectivity index (χ2n) is 2.97. The first-order valence-corrected chi connectivity index (χ1v) is 4.93. The monoisotopic (exact) mass is 208 g/mol. The lowest BCUT2D eigenvalue weighted by molar-refractivity contribution is -0.122. The fourth-order valence-corrected chi connectivity index (χ4v) is 1.98. The first-order chi connectivity index (χ1) is 5.73. The van der Waals surface area contributed by atoms with Crippen LogP contribution in [0.2, 0.25) is 0 Å². The van der Waals surface area contributed by atoms with E-state index in [1.165, 1.54) is 6.92 Å². The molecule has 8 heteroatoms. The van der Waals surface area contributed by atoms with Gasteiger partial charge in [0.05, 0.1) is 0 Å². The van der Waals surface area contributed by atoms with Crippen LogP contribution in [0.3, 0.4) is 0 Å². The molecule has 1 saturated heterocycles. The van der Waals surface area contributed by atoms with Crippen LogP contribution in [0.15, 0.2) is 0 Å². The van der Waals surface area contributed by atoms with Crippen molar-refractivity contribution >= 4 is 22.1 Å². The van der Waals surface area contributed by atoms with Gasteiger partial charge in [-0.3, -0.25) is 14.7 Å². The molecule has 0 aromatic rings. The topological polar surface area (TPSA) is 113 Å². The quantitative estimate of drug-likeness (QED) is 0.376. The predicted octanol–water partition coefficient (Wildman–Crippen LogP) is -1.53. The van der Waals surface area contributed by atoms with E-state index in [-0.39, 0.29) is 0 Å². The van der Waals surface area contributed by atoms with Crippen molar-refractivity contribution in [3.63, 3.8) is 0 Å². The Kier molecular flexibility index (Phi) is 2.04. The van der Waals surface area contributed by atoms with Crippen LogP contribution >= 0.6 is 0 Å². The fraction of sp³-hybridized carbons (Fsp3) is 0.600. The minimum atomic E-state index is -4.30. The van der Waals surface area contributed by atoms with Crippen molar-refractivity contribution in [1.82, 2.24) is 10.6 Å². The number of hydrogen-bond acceptors (Lipinski definition) is 4. The molecule has 0 bridgehead atoms. The fourth-order valence-electron chi connectivity index (χ4n) is 1.05. The summed E-state index contributed by atoms with van der Waals surface area (Å²) in [4.78, 5) is 21.6. The van der Waals surface area contributed by atoms with Gasteiger partial charge in [-0.05, 0) is 6.92 Å². The highest BCUT2D eigenvalue weighted by atomic mass is 32.2. The first kappa shape index (κ1) is 9.93. The lowest BCUT2D eigenvalue weighted by atomic mass is 10.1. The summed E-state index contributed by atoms with van der Waals surface area (Å²) < 4.78 is 29.4. The third-order valence-corrected chi connectivity index (χ3v) is 2.53. The van der Waals surface area contributed by atoms with Crippen molar-refractivity contribution in [2.24, 2.45) is 0 Å². The van der Waals surface area contributed by atoms with Crippen LogP contribution in [-0.4, -0.2) is 36.2 Å². The molecule has 3 N–H and O–H groups in total. The molecule has 0 aliphatic carbocycles. The molecule has 1 aliphatic rings. The van der Waals surface area contributed by atoms with Crippen LogP contribution < -0.4 is 10.6 Å². The highest BCUT2D eigenvalue weighted by Crippen LogP contribution is 2.11. The Bertz CT molecular complexity index is 361. The summed E-state index contributed by atoms with van der Waals surface area (Å²) in [6, 6.07) is -0.767. The lowest BCUT2D eigenvalue weighted by Crippen LogP contribution is -2.49. The molecule has 0 spiro atoms. The van der Waals surface area contributed by atoms with Gasteiger partial charge in [0.2, 0.25) is 0 Å². The standard InChI is InChI=1S/C5H8N2O5S/c1-5(2-13(10,11)12)3(8)6-4(9)7-5/h2H2,1H3,(H,10,11,12)(H2,6,7,8,9)/t5-/m0/s1. The SMILES string of the molecule is C[C@@]1(CS(=O)(=O)O)NC(=O)NC1=O. The zero-order chi connectivity index (χ0) is 10.3. The van der Waals surface area contributed by atoms with Gasteiger partial charge in [0.1, 0.15) is 11.3 Å². The second kappa shape index (κ2) is 2.67. The summed E-state index contributed by atoms with van der Waals surface area (Å²) in [6.07, 6.45) is 0. The number of hydrogen-bond donors (Lipinski definition) is 3. The number of amides is 3. The lowest BCUT2D eigenvalue weighted by Gasteiger charge is -2.17. The molecule has 1 aliphatic heterocycles. The van der Waals surface area contributed by atoms with E-state index in [1.807, 2.05) is 5.32 Å². The van der Waals surface area contributed by atoms with Crippen molar-refractivity contribution in [3.8, 4) is 0 Å². The van der Waals surface area contributed by atoms with E-state index >= 15 is 0 Å². The summed E-state index contributed by atoms with van der Waals surface area (Å²) in [7, 11) is -4.30. The molecular weight excluding hydrogens is 200 g/mol. The number of nitrogens with one attached hydrogen (secondary N) is 2. The van der Waals surface area contributed by atoms with E-state index in [0.717, 1.165) is 0 Å². The van der Waals surface area contributed by atoms with E-state index in [2.05, 4.69) is 5.32 Å². The Morgan fingerprint density at radius 3 is 2.31 bits per heavy atom. The molecular formula is C5H8N2O5S. The minimum absolute atomic E-state index is 0.767. The average molecular weight is 208 g/mol. The molecule has 0 aromatic heterocycles. The molecule has 3 amide bonds. The number of carbonyl (C=O) groups excluding carboxylic acids is 2. The van der Waals surface area contributed by atoms with E-state index in [1.54, 1.807) is 0 Å². The molecule has 1 rings (SSSR count). The third-order valence-electron chi connectivity index (χ3n) is 1.59. The van der Waals surface area contributed by atoms with Crippen molar-refractivity contribution in [2.75, 3.05) is 5.75 Å². The molecule has 0 radical (unpaired) electrons. The number of imide groups is 1. The molecule has 1 atom stereocenters. The van der Waals surface area contributed by atoms with Crippen molar-refractivity contribution in [2.45, 2.75) is 12.5 Å². The van der Waals surface area contributed by atoms with Gasteiger partial charge in [-0.2, -0.15) is 8.42 Å².